The van der Waals surface area contributed by atoms with Crippen LogP contribution in [-0.4, -0.2) is 47.7 Å². The highest BCUT2D eigenvalue weighted by molar-refractivity contribution is 5.85. The van der Waals surface area contributed by atoms with Crippen molar-refractivity contribution < 1.29 is 19.4 Å². The van der Waals surface area contributed by atoms with Crippen molar-refractivity contribution in [2.75, 3.05) is 19.8 Å². The summed E-state index contributed by atoms with van der Waals surface area (Å²) in [7, 11) is 0. The van der Waals surface area contributed by atoms with Crippen molar-refractivity contribution in [3.05, 3.63) is 0 Å². The van der Waals surface area contributed by atoms with Crippen LogP contribution in [0.25, 0.3) is 0 Å². The first kappa shape index (κ1) is 15.3. The fourth-order valence-electron chi connectivity index (χ4n) is 3.34. The van der Waals surface area contributed by atoms with Crippen molar-refractivity contribution in [2.24, 2.45) is 17.8 Å². The molecule has 1 heterocycles. The van der Waals surface area contributed by atoms with Crippen molar-refractivity contribution in [1.82, 2.24) is 4.90 Å². The molecule has 0 aromatic heterocycles. The predicted molar refractivity (Wildman–Crippen MR) is 74.2 cm³/mol. The first-order valence-corrected chi connectivity index (χ1v) is 7.61. The van der Waals surface area contributed by atoms with Crippen molar-refractivity contribution in [1.29, 1.82) is 0 Å². The highest BCUT2D eigenvalue weighted by atomic mass is 16.5. The van der Waals surface area contributed by atoms with E-state index in [4.69, 9.17) is 4.74 Å². The summed E-state index contributed by atoms with van der Waals surface area (Å²) in [5.74, 6) is 0.432. The minimum atomic E-state index is -0.964. The average Bonchev–Trinajstić information content (AvgIpc) is 2.46. The topological polar surface area (TPSA) is 66.8 Å². The van der Waals surface area contributed by atoms with Crippen LogP contribution >= 0.6 is 0 Å². The number of hydrogen-bond donors (Lipinski definition) is 1. The molecule has 2 aliphatic rings. The molecular formula is C15H25NO4. The molecule has 1 aliphatic carbocycles. The number of morpholine rings is 1. The van der Waals surface area contributed by atoms with E-state index in [0.717, 1.165) is 25.7 Å². The monoisotopic (exact) mass is 283 g/mol. The lowest BCUT2D eigenvalue weighted by Gasteiger charge is -2.37. The van der Waals surface area contributed by atoms with Crippen LogP contribution in [0, 0.1) is 17.8 Å². The third-order valence-corrected chi connectivity index (χ3v) is 4.76. The van der Waals surface area contributed by atoms with E-state index in [-0.39, 0.29) is 18.4 Å². The molecule has 1 saturated carbocycles. The van der Waals surface area contributed by atoms with Gasteiger partial charge in [-0.1, -0.05) is 13.8 Å². The van der Waals surface area contributed by atoms with Gasteiger partial charge in [-0.05, 0) is 37.5 Å². The Morgan fingerprint density at radius 1 is 1.20 bits per heavy atom. The minimum Gasteiger partial charge on any atom is -0.480 e. The molecule has 2 rings (SSSR count). The van der Waals surface area contributed by atoms with E-state index in [1.807, 2.05) is 0 Å². The fraction of sp³-hybridized carbons (Fsp3) is 0.867. The summed E-state index contributed by atoms with van der Waals surface area (Å²) in [4.78, 5) is 25.3. The number of carbonyl (C=O) groups is 2. The Labute approximate surface area is 120 Å². The molecule has 2 fully saturated rings. The maximum absolute atomic E-state index is 12.6. The second-order valence-electron chi connectivity index (χ2n) is 6.32. The predicted octanol–water partition coefficient (Wildman–Crippen LogP) is 1.76. The van der Waals surface area contributed by atoms with Gasteiger partial charge in [-0.25, -0.2) is 4.79 Å². The summed E-state index contributed by atoms with van der Waals surface area (Å²) in [5.41, 5.74) is 0. The van der Waals surface area contributed by atoms with E-state index >= 15 is 0 Å². The van der Waals surface area contributed by atoms with Gasteiger partial charge < -0.3 is 14.7 Å². The maximum Gasteiger partial charge on any atom is 0.328 e. The Balaban J connectivity index is 1.95. The molecule has 5 nitrogen and oxygen atoms in total. The second kappa shape index (κ2) is 6.57. The molecule has 5 heteroatoms. The number of carboxylic acid groups (broad SMARTS) is 1. The van der Waals surface area contributed by atoms with Crippen molar-refractivity contribution >= 4 is 11.9 Å². The number of ether oxygens (including phenoxy) is 1. The van der Waals surface area contributed by atoms with Gasteiger partial charge >= 0.3 is 5.97 Å². The summed E-state index contributed by atoms with van der Waals surface area (Å²) in [6.45, 7) is 5.42. The van der Waals surface area contributed by atoms with E-state index in [1.165, 1.54) is 4.90 Å². The Morgan fingerprint density at radius 3 is 2.40 bits per heavy atom. The normalized spacial score (nSPS) is 31.4. The van der Waals surface area contributed by atoms with Gasteiger partial charge in [0.1, 0.15) is 0 Å². The van der Waals surface area contributed by atoms with Crippen LogP contribution in [0.15, 0.2) is 0 Å². The lowest BCUT2D eigenvalue weighted by molar-refractivity contribution is -0.161. The first-order valence-electron chi connectivity index (χ1n) is 7.61. The summed E-state index contributed by atoms with van der Waals surface area (Å²) >= 11 is 0. The number of aliphatic carboxylic acids is 1. The molecule has 1 saturated heterocycles. The van der Waals surface area contributed by atoms with Crippen LogP contribution in [-0.2, 0) is 14.3 Å². The van der Waals surface area contributed by atoms with Gasteiger partial charge in [-0.15, -0.1) is 0 Å². The zero-order valence-corrected chi connectivity index (χ0v) is 12.4. The molecule has 1 N–H and O–H groups in total. The highest BCUT2D eigenvalue weighted by Gasteiger charge is 2.37. The number of nitrogens with zero attached hydrogens (tertiary/aromatic N) is 1. The Bertz CT molecular complexity index is 361. The maximum atomic E-state index is 12.6. The molecule has 0 spiro atoms. The summed E-state index contributed by atoms with van der Waals surface area (Å²) in [6.07, 6.45) is 3.95. The van der Waals surface area contributed by atoms with E-state index in [0.29, 0.717) is 25.0 Å². The SMILES string of the molecule is CC(C)C1CCC(C(=O)N2CCOCC2C(=O)O)CC1. The summed E-state index contributed by atoms with van der Waals surface area (Å²) in [6, 6.07) is -0.806. The van der Waals surface area contributed by atoms with Gasteiger partial charge in [0.05, 0.1) is 13.2 Å². The second-order valence-corrected chi connectivity index (χ2v) is 6.32. The Kier molecular flexibility index (Phi) is 5.02. The van der Waals surface area contributed by atoms with Crippen molar-refractivity contribution in [3.63, 3.8) is 0 Å². The molecule has 20 heavy (non-hydrogen) atoms. The summed E-state index contributed by atoms with van der Waals surface area (Å²) < 4.78 is 5.18. The molecule has 0 radical (unpaired) electrons. The van der Waals surface area contributed by atoms with Crippen molar-refractivity contribution in [2.45, 2.75) is 45.6 Å². The molecular weight excluding hydrogens is 258 g/mol. The minimum absolute atomic E-state index is 0.00458. The van der Waals surface area contributed by atoms with Crippen LogP contribution in [0.4, 0.5) is 0 Å². The fourth-order valence-corrected chi connectivity index (χ4v) is 3.34. The number of amides is 1. The van der Waals surface area contributed by atoms with Crippen LogP contribution in [0.1, 0.15) is 39.5 Å². The smallest absolute Gasteiger partial charge is 0.328 e. The van der Waals surface area contributed by atoms with Gasteiger partial charge in [-0.3, -0.25) is 4.79 Å². The third kappa shape index (κ3) is 3.32. The number of hydrogen-bond acceptors (Lipinski definition) is 3. The highest BCUT2D eigenvalue weighted by Crippen LogP contribution is 2.34. The van der Waals surface area contributed by atoms with Crippen LogP contribution in [0.3, 0.4) is 0 Å². The number of carboxylic acids is 1. The lowest BCUT2D eigenvalue weighted by atomic mass is 9.76. The molecule has 1 aliphatic heterocycles. The number of rotatable bonds is 3. The molecule has 1 amide bonds. The summed E-state index contributed by atoms with van der Waals surface area (Å²) in [5, 5.41) is 9.20. The number of carbonyl (C=O) groups excluding carboxylic acids is 1. The van der Waals surface area contributed by atoms with Gasteiger partial charge in [0.25, 0.3) is 0 Å². The van der Waals surface area contributed by atoms with E-state index < -0.39 is 12.0 Å². The molecule has 0 aromatic rings. The van der Waals surface area contributed by atoms with Crippen molar-refractivity contribution in [3.8, 4) is 0 Å². The first-order chi connectivity index (χ1) is 9.50. The quantitative estimate of drug-likeness (QED) is 0.857. The zero-order chi connectivity index (χ0) is 14.7. The zero-order valence-electron chi connectivity index (χ0n) is 12.4. The Morgan fingerprint density at radius 2 is 1.85 bits per heavy atom. The van der Waals surface area contributed by atoms with Gasteiger partial charge in [-0.2, -0.15) is 0 Å². The van der Waals surface area contributed by atoms with Gasteiger partial charge in [0.15, 0.2) is 6.04 Å². The standard InChI is InChI=1S/C15H25NO4/c1-10(2)11-3-5-12(6-4-11)14(17)16-7-8-20-9-13(16)15(18)19/h10-13H,3-9H2,1-2H3,(H,18,19). The largest absolute Gasteiger partial charge is 0.480 e. The average molecular weight is 283 g/mol. The molecule has 1 atom stereocenters. The van der Waals surface area contributed by atoms with Gasteiger partial charge in [0.2, 0.25) is 5.91 Å². The molecule has 0 aromatic carbocycles. The third-order valence-electron chi connectivity index (χ3n) is 4.76. The molecule has 1 unspecified atom stereocenters. The van der Waals surface area contributed by atoms with Crippen LogP contribution in [0.5, 0.6) is 0 Å². The van der Waals surface area contributed by atoms with E-state index in [1.54, 1.807) is 0 Å². The van der Waals surface area contributed by atoms with E-state index in [9.17, 15) is 14.7 Å². The molecule has 0 bridgehead atoms. The van der Waals surface area contributed by atoms with E-state index in [2.05, 4.69) is 13.8 Å². The van der Waals surface area contributed by atoms with Gasteiger partial charge in [0, 0.05) is 12.5 Å². The van der Waals surface area contributed by atoms with Crippen LogP contribution in [0.2, 0.25) is 0 Å². The lowest BCUT2D eigenvalue weighted by Crippen LogP contribution is -2.54. The molecule has 114 valence electrons. The Hall–Kier alpha value is -1.10. The van der Waals surface area contributed by atoms with Crippen LogP contribution < -0.4 is 0 Å².